The lowest BCUT2D eigenvalue weighted by Crippen LogP contribution is -2.20. The Morgan fingerprint density at radius 3 is 1.81 bits per heavy atom. The minimum absolute atomic E-state index is 0.258. The molecule has 4 aromatic carbocycles. The highest BCUT2D eigenvalue weighted by atomic mass is 16.5. The average Bonchev–Trinajstić information content (AvgIpc) is 2.83. The Bertz CT molecular complexity index is 1230. The second-order valence-corrected chi connectivity index (χ2v) is 8.46. The molecule has 1 heteroatoms. The van der Waals surface area contributed by atoms with Gasteiger partial charge in [-0.05, 0) is 84.0 Å². The molecule has 0 saturated carbocycles. The first-order valence-electron chi connectivity index (χ1n) is 10.8. The van der Waals surface area contributed by atoms with Gasteiger partial charge in [0.05, 0.1) is 7.11 Å². The van der Waals surface area contributed by atoms with Crippen LogP contribution in [-0.2, 0) is 5.41 Å². The molecule has 0 amide bonds. The van der Waals surface area contributed by atoms with E-state index in [1.165, 1.54) is 44.2 Å². The summed E-state index contributed by atoms with van der Waals surface area (Å²) >= 11 is 0. The van der Waals surface area contributed by atoms with Crippen molar-refractivity contribution in [2.75, 3.05) is 7.11 Å². The lowest BCUT2D eigenvalue weighted by Gasteiger charge is -2.28. The van der Waals surface area contributed by atoms with Crippen LogP contribution in [0.3, 0.4) is 0 Å². The molecule has 1 unspecified atom stereocenters. The first-order valence-corrected chi connectivity index (χ1v) is 10.8. The topological polar surface area (TPSA) is 9.23 Å². The number of aryl methyl sites for hydroxylation is 2. The number of fused-ring (bicyclic) bond motifs is 1. The highest BCUT2D eigenvalue weighted by Gasteiger charge is 2.26. The van der Waals surface area contributed by atoms with Crippen LogP contribution in [0.4, 0.5) is 0 Å². The van der Waals surface area contributed by atoms with E-state index >= 15 is 0 Å². The Hall–Kier alpha value is -3.32. The first-order chi connectivity index (χ1) is 15.0. The fraction of sp³-hybridized carbons (Fsp3) is 0.200. The van der Waals surface area contributed by atoms with Crippen LogP contribution >= 0.6 is 0 Å². The van der Waals surface area contributed by atoms with E-state index in [0.29, 0.717) is 0 Å². The zero-order valence-corrected chi connectivity index (χ0v) is 19.1. The van der Waals surface area contributed by atoms with Crippen molar-refractivity contribution in [3.05, 3.63) is 118 Å². The molecular weight excluding hydrogens is 376 g/mol. The predicted octanol–water partition coefficient (Wildman–Crippen LogP) is 7.79. The van der Waals surface area contributed by atoms with Crippen LogP contribution < -0.4 is 4.74 Å². The molecule has 0 saturated heterocycles. The van der Waals surface area contributed by atoms with Crippen molar-refractivity contribution in [3.63, 3.8) is 0 Å². The Kier molecular flexibility index (Phi) is 5.69. The normalized spacial score (nSPS) is 13.5. The fourth-order valence-corrected chi connectivity index (χ4v) is 4.55. The molecule has 4 aromatic rings. The number of hydrogen-bond acceptors (Lipinski definition) is 1. The second-order valence-electron chi connectivity index (χ2n) is 8.46. The molecule has 0 aliphatic rings. The number of benzene rings is 4. The highest BCUT2D eigenvalue weighted by Crippen LogP contribution is 2.37. The summed E-state index contributed by atoms with van der Waals surface area (Å²) in [6, 6.07) is 27.8. The van der Waals surface area contributed by atoms with E-state index in [4.69, 9.17) is 4.74 Å². The maximum atomic E-state index is 5.38. The summed E-state index contributed by atoms with van der Waals surface area (Å²) in [6.07, 6.45) is 4.68. The van der Waals surface area contributed by atoms with Crippen LogP contribution in [0.2, 0.25) is 0 Å². The maximum absolute atomic E-state index is 5.38. The molecule has 4 rings (SSSR count). The molecule has 0 bridgehead atoms. The molecule has 0 spiro atoms. The van der Waals surface area contributed by atoms with Gasteiger partial charge in [-0.2, -0.15) is 0 Å². The van der Waals surface area contributed by atoms with Gasteiger partial charge in [0.25, 0.3) is 0 Å². The maximum Gasteiger partial charge on any atom is 0.118 e. The van der Waals surface area contributed by atoms with Crippen LogP contribution in [0.1, 0.15) is 40.3 Å². The smallest absolute Gasteiger partial charge is 0.118 e. The molecule has 0 aromatic heterocycles. The minimum atomic E-state index is -0.258. The number of hydrogen-bond donors (Lipinski definition) is 0. The summed E-state index contributed by atoms with van der Waals surface area (Å²) in [5.74, 6) is 0.875. The zero-order valence-electron chi connectivity index (χ0n) is 19.1. The van der Waals surface area contributed by atoms with E-state index in [1.54, 1.807) is 7.11 Å². The molecule has 0 heterocycles. The second kappa shape index (κ2) is 8.43. The van der Waals surface area contributed by atoms with Crippen molar-refractivity contribution < 1.29 is 4.74 Å². The third-order valence-electron chi connectivity index (χ3n) is 6.75. The van der Waals surface area contributed by atoms with E-state index < -0.39 is 0 Å². The summed E-state index contributed by atoms with van der Waals surface area (Å²) in [7, 11) is 1.71. The molecule has 0 fully saturated rings. The van der Waals surface area contributed by atoms with Gasteiger partial charge in [-0.25, -0.2) is 0 Å². The van der Waals surface area contributed by atoms with Crippen LogP contribution in [0, 0.1) is 20.8 Å². The average molecular weight is 407 g/mol. The first kappa shape index (κ1) is 20.9. The van der Waals surface area contributed by atoms with Gasteiger partial charge >= 0.3 is 0 Å². The fourth-order valence-electron chi connectivity index (χ4n) is 4.55. The molecule has 156 valence electrons. The third kappa shape index (κ3) is 3.77. The number of rotatable bonds is 5. The van der Waals surface area contributed by atoms with E-state index in [9.17, 15) is 0 Å². The van der Waals surface area contributed by atoms with E-state index in [0.717, 1.165) is 5.75 Å². The van der Waals surface area contributed by atoms with Gasteiger partial charge in [0.15, 0.2) is 0 Å². The summed E-state index contributed by atoms with van der Waals surface area (Å²) < 4.78 is 5.38. The van der Waals surface area contributed by atoms with Crippen LogP contribution in [0.25, 0.3) is 16.8 Å². The van der Waals surface area contributed by atoms with Crippen molar-refractivity contribution >= 4 is 16.8 Å². The monoisotopic (exact) mass is 406 g/mol. The molecule has 0 aliphatic carbocycles. The third-order valence-corrected chi connectivity index (χ3v) is 6.75. The molecule has 0 N–H and O–H groups in total. The Labute approximate surface area is 186 Å². The van der Waals surface area contributed by atoms with Crippen LogP contribution in [0.15, 0.2) is 84.9 Å². The largest absolute Gasteiger partial charge is 0.497 e. The number of methoxy groups -OCH3 is 1. The van der Waals surface area contributed by atoms with Crippen molar-refractivity contribution in [2.24, 2.45) is 0 Å². The van der Waals surface area contributed by atoms with Gasteiger partial charge in [-0.15, -0.1) is 0 Å². The van der Waals surface area contributed by atoms with E-state index in [2.05, 4.69) is 107 Å². The zero-order chi connectivity index (χ0) is 22.0. The minimum Gasteiger partial charge on any atom is -0.497 e. The molecule has 0 radical (unpaired) electrons. The van der Waals surface area contributed by atoms with Gasteiger partial charge < -0.3 is 4.74 Å². The SMILES string of the molecule is COc1ccc(C(C)(/C=C\c2c(C)c(C)c3ccccc3c2C)c2ccccc2)cc1. The molecule has 1 nitrogen and oxygen atoms in total. The van der Waals surface area contributed by atoms with Crippen molar-refractivity contribution in [1.29, 1.82) is 0 Å². The van der Waals surface area contributed by atoms with E-state index in [-0.39, 0.29) is 5.41 Å². The summed E-state index contributed by atoms with van der Waals surface area (Å²) in [4.78, 5) is 0. The number of ether oxygens (including phenoxy) is 1. The van der Waals surface area contributed by atoms with Crippen molar-refractivity contribution in [1.82, 2.24) is 0 Å². The number of allylic oxidation sites excluding steroid dienone is 1. The molecule has 1 atom stereocenters. The van der Waals surface area contributed by atoms with Gasteiger partial charge in [-0.1, -0.05) is 78.9 Å². The van der Waals surface area contributed by atoms with Crippen LogP contribution in [0.5, 0.6) is 5.75 Å². The van der Waals surface area contributed by atoms with Gasteiger partial charge in [0, 0.05) is 5.41 Å². The molecular formula is C30H30O. The van der Waals surface area contributed by atoms with Gasteiger partial charge in [-0.3, -0.25) is 0 Å². The molecule has 31 heavy (non-hydrogen) atoms. The van der Waals surface area contributed by atoms with Crippen molar-refractivity contribution in [3.8, 4) is 5.75 Å². The predicted molar refractivity (Wildman–Crippen MR) is 133 cm³/mol. The Morgan fingerprint density at radius 2 is 1.19 bits per heavy atom. The summed E-state index contributed by atoms with van der Waals surface area (Å²) in [6.45, 7) is 9.00. The highest BCUT2D eigenvalue weighted by molar-refractivity contribution is 5.92. The Morgan fingerprint density at radius 1 is 0.645 bits per heavy atom. The Balaban J connectivity index is 1.88. The lowest BCUT2D eigenvalue weighted by atomic mass is 9.75. The standard InChI is InChI=1S/C30H30O/c1-21-22(2)28-13-9-10-14-29(28)23(3)27(21)19-20-30(4,24-11-7-6-8-12-24)25-15-17-26(31-5)18-16-25/h6-20H,1-5H3/b20-19-. The van der Waals surface area contributed by atoms with E-state index in [1.807, 2.05) is 12.1 Å². The lowest BCUT2D eigenvalue weighted by molar-refractivity contribution is 0.414. The van der Waals surface area contributed by atoms with Gasteiger partial charge in [0.2, 0.25) is 0 Å². The summed E-state index contributed by atoms with van der Waals surface area (Å²) in [5, 5.41) is 2.67. The molecule has 0 aliphatic heterocycles. The summed E-state index contributed by atoms with van der Waals surface area (Å²) in [5.41, 5.74) is 7.59. The van der Waals surface area contributed by atoms with Gasteiger partial charge in [0.1, 0.15) is 5.75 Å². The van der Waals surface area contributed by atoms with Crippen molar-refractivity contribution in [2.45, 2.75) is 33.1 Å². The quantitative estimate of drug-likeness (QED) is 0.328. The van der Waals surface area contributed by atoms with Crippen LogP contribution in [-0.4, -0.2) is 7.11 Å².